The van der Waals surface area contributed by atoms with E-state index < -0.39 is 0 Å². The Morgan fingerprint density at radius 3 is 2.29 bits per heavy atom. The van der Waals surface area contributed by atoms with Crippen molar-refractivity contribution in [2.45, 2.75) is 6.42 Å². The Bertz CT molecular complexity index is 148. The summed E-state index contributed by atoms with van der Waals surface area (Å²) in [5.41, 5.74) is 0. The van der Waals surface area contributed by atoms with E-state index in [-0.39, 0.29) is 5.97 Å². The van der Waals surface area contributed by atoms with E-state index in [4.69, 9.17) is 4.43 Å². The molecule has 0 unspecified atom stereocenters. The number of esters is 1. The molecular weight excluding hydrogens is 198 g/mol. The lowest BCUT2D eigenvalue weighted by Gasteiger charge is -1.99. The first-order chi connectivity index (χ1) is 6.54. The molecule has 84 valence electrons. The minimum absolute atomic E-state index is 0.367. The van der Waals surface area contributed by atoms with Crippen LogP contribution in [-0.2, 0) is 14.0 Å². The smallest absolute Gasteiger partial charge is 0.330 e. The van der Waals surface area contributed by atoms with Gasteiger partial charge >= 0.3 is 5.97 Å². The normalized spacial score (nSPS) is 9.14. The standard InChI is InChI=1S/C6H12O3Si.C3H9N/c1-2-6(7)8-4-3-5-9-10;1-4(2)3/h2H,1,3-5H2,10H3;1-3H3. The lowest BCUT2D eigenvalue weighted by atomic mass is 10.5. The van der Waals surface area contributed by atoms with Gasteiger partial charge in [0.25, 0.3) is 0 Å². The minimum atomic E-state index is -0.367. The largest absolute Gasteiger partial charge is 0.462 e. The average molecular weight is 219 g/mol. The first kappa shape index (κ1) is 15.8. The monoisotopic (exact) mass is 219 g/mol. The summed E-state index contributed by atoms with van der Waals surface area (Å²) in [5.74, 6) is -0.367. The van der Waals surface area contributed by atoms with E-state index in [1.165, 1.54) is 0 Å². The van der Waals surface area contributed by atoms with Crippen LogP contribution in [0.5, 0.6) is 0 Å². The van der Waals surface area contributed by atoms with E-state index in [9.17, 15) is 4.79 Å². The van der Waals surface area contributed by atoms with Crippen molar-refractivity contribution in [3.05, 3.63) is 12.7 Å². The number of hydrogen-bond donors (Lipinski definition) is 0. The van der Waals surface area contributed by atoms with Crippen molar-refractivity contribution in [2.75, 3.05) is 34.4 Å². The molecule has 0 aromatic carbocycles. The number of nitrogens with zero attached hydrogens (tertiary/aromatic N) is 1. The maximum absolute atomic E-state index is 10.4. The third-order valence-corrected chi connectivity index (χ3v) is 1.31. The molecule has 0 saturated carbocycles. The molecule has 0 aromatic rings. The Morgan fingerprint density at radius 2 is 1.93 bits per heavy atom. The molecule has 5 heteroatoms. The van der Waals surface area contributed by atoms with Crippen LogP contribution in [0.25, 0.3) is 0 Å². The number of ether oxygens (including phenoxy) is 1. The van der Waals surface area contributed by atoms with Gasteiger partial charge in [0, 0.05) is 19.1 Å². The molecular formula is C9H21NO3Si. The van der Waals surface area contributed by atoms with Gasteiger partial charge < -0.3 is 14.1 Å². The van der Waals surface area contributed by atoms with Crippen LogP contribution in [-0.4, -0.2) is 55.7 Å². The molecule has 0 N–H and O–H groups in total. The second-order valence-corrected chi connectivity index (χ2v) is 3.64. The third kappa shape index (κ3) is 22.5. The summed E-state index contributed by atoms with van der Waals surface area (Å²) < 4.78 is 9.55. The van der Waals surface area contributed by atoms with Gasteiger partial charge in [0.15, 0.2) is 0 Å². The van der Waals surface area contributed by atoms with Crippen LogP contribution < -0.4 is 0 Å². The van der Waals surface area contributed by atoms with Crippen LogP contribution >= 0.6 is 0 Å². The summed E-state index contributed by atoms with van der Waals surface area (Å²) in [6.45, 7) is 4.36. The minimum Gasteiger partial charge on any atom is -0.462 e. The molecule has 0 rings (SSSR count). The van der Waals surface area contributed by atoms with Crippen LogP contribution in [0.3, 0.4) is 0 Å². The highest BCUT2D eigenvalue weighted by Gasteiger charge is 1.92. The Morgan fingerprint density at radius 1 is 1.43 bits per heavy atom. The number of rotatable bonds is 5. The molecule has 0 aliphatic carbocycles. The summed E-state index contributed by atoms with van der Waals surface area (Å²) in [7, 11) is 6.74. The summed E-state index contributed by atoms with van der Waals surface area (Å²) in [6, 6.07) is 0. The molecule has 0 radical (unpaired) electrons. The van der Waals surface area contributed by atoms with E-state index in [2.05, 4.69) is 11.3 Å². The molecule has 14 heavy (non-hydrogen) atoms. The zero-order valence-electron chi connectivity index (χ0n) is 9.58. The zero-order valence-corrected chi connectivity index (χ0v) is 11.6. The van der Waals surface area contributed by atoms with E-state index in [1.54, 1.807) is 0 Å². The molecule has 0 fully saturated rings. The zero-order chi connectivity index (χ0) is 11.4. The highest BCUT2D eigenvalue weighted by Crippen LogP contribution is 1.84. The molecule has 0 aromatic heterocycles. The summed E-state index contributed by atoms with van der Waals surface area (Å²) in [5, 5.41) is 0. The van der Waals surface area contributed by atoms with Crippen LogP contribution in [0, 0.1) is 0 Å². The predicted molar refractivity (Wildman–Crippen MR) is 61.3 cm³/mol. The Hall–Kier alpha value is -0.653. The van der Waals surface area contributed by atoms with Gasteiger partial charge in [0.2, 0.25) is 0 Å². The van der Waals surface area contributed by atoms with Gasteiger partial charge in [0.05, 0.1) is 6.61 Å². The van der Waals surface area contributed by atoms with Crippen molar-refractivity contribution in [2.24, 2.45) is 0 Å². The lowest BCUT2D eigenvalue weighted by Crippen LogP contribution is -2.04. The number of carbonyl (C=O) groups is 1. The second kappa shape index (κ2) is 12.3. The maximum atomic E-state index is 10.4. The van der Waals surface area contributed by atoms with E-state index in [0.29, 0.717) is 13.2 Å². The first-order valence-electron chi connectivity index (χ1n) is 4.43. The van der Waals surface area contributed by atoms with E-state index in [1.807, 2.05) is 26.0 Å². The fourth-order valence-corrected chi connectivity index (χ4v) is 0.724. The van der Waals surface area contributed by atoms with Crippen molar-refractivity contribution in [3.63, 3.8) is 0 Å². The van der Waals surface area contributed by atoms with Crippen LogP contribution in [0.2, 0.25) is 0 Å². The average Bonchev–Trinajstić information content (AvgIpc) is 2.11. The molecule has 0 amide bonds. The topological polar surface area (TPSA) is 38.8 Å². The summed E-state index contributed by atoms with van der Waals surface area (Å²) in [4.78, 5) is 12.4. The SMILES string of the molecule is C=CC(=O)OCCCO[SiH3].CN(C)C. The van der Waals surface area contributed by atoms with Gasteiger partial charge in [-0.1, -0.05) is 6.58 Å². The molecule has 0 bridgehead atoms. The molecule has 0 aliphatic heterocycles. The first-order valence-corrected chi connectivity index (χ1v) is 5.25. The van der Waals surface area contributed by atoms with Crippen molar-refractivity contribution in [1.29, 1.82) is 0 Å². The van der Waals surface area contributed by atoms with Crippen LogP contribution in [0.15, 0.2) is 12.7 Å². The fraction of sp³-hybridized carbons (Fsp3) is 0.667. The van der Waals surface area contributed by atoms with Crippen molar-refractivity contribution < 1.29 is 14.0 Å². The second-order valence-electron chi connectivity index (χ2n) is 3.06. The van der Waals surface area contributed by atoms with Crippen molar-refractivity contribution in [3.8, 4) is 0 Å². The van der Waals surface area contributed by atoms with Crippen molar-refractivity contribution in [1.82, 2.24) is 4.90 Å². The number of carbonyl (C=O) groups excluding carboxylic acids is 1. The summed E-state index contributed by atoms with van der Waals surface area (Å²) in [6.07, 6.45) is 1.92. The van der Waals surface area contributed by atoms with Gasteiger partial charge in [-0.15, -0.1) is 0 Å². The van der Waals surface area contributed by atoms with E-state index in [0.717, 1.165) is 23.0 Å². The number of hydrogen-bond acceptors (Lipinski definition) is 4. The van der Waals surface area contributed by atoms with Crippen LogP contribution in [0.1, 0.15) is 6.42 Å². The highest BCUT2D eigenvalue weighted by atomic mass is 28.2. The fourth-order valence-electron chi connectivity index (χ4n) is 0.435. The quantitative estimate of drug-likeness (QED) is 0.272. The Balaban J connectivity index is 0. The third-order valence-electron chi connectivity index (χ3n) is 0.904. The summed E-state index contributed by atoms with van der Waals surface area (Å²) >= 11 is 0. The molecule has 0 atom stereocenters. The van der Waals surface area contributed by atoms with Gasteiger partial charge in [-0.2, -0.15) is 0 Å². The van der Waals surface area contributed by atoms with Crippen molar-refractivity contribution >= 4 is 16.5 Å². The van der Waals surface area contributed by atoms with Crippen LogP contribution in [0.4, 0.5) is 0 Å². The Kier molecular flexibility index (Phi) is 13.9. The molecule has 0 spiro atoms. The lowest BCUT2D eigenvalue weighted by molar-refractivity contribution is -0.137. The maximum Gasteiger partial charge on any atom is 0.330 e. The van der Waals surface area contributed by atoms with Gasteiger partial charge in [0.1, 0.15) is 10.5 Å². The molecule has 0 aliphatic rings. The highest BCUT2D eigenvalue weighted by molar-refractivity contribution is 5.97. The van der Waals surface area contributed by atoms with E-state index >= 15 is 0 Å². The Labute approximate surface area is 89.4 Å². The molecule has 4 nitrogen and oxygen atoms in total. The molecule has 0 saturated heterocycles. The molecule has 0 heterocycles. The van der Waals surface area contributed by atoms with Gasteiger partial charge in [-0.3, -0.25) is 0 Å². The van der Waals surface area contributed by atoms with Gasteiger partial charge in [-0.05, 0) is 21.1 Å². The van der Waals surface area contributed by atoms with Gasteiger partial charge in [-0.25, -0.2) is 4.79 Å². The predicted octanol–water partition coefficient (Wildman–Crippen LogP) is -0.420.